The smallest absolute Gasteiger partial charge is 0.273 e. The summed E-state index contributed by atoms with van der Waals surface area (Å²) in [6.07, 6.45) is 5.70. The van der Waals surface area contributed by atoms with E-state index in [4.69, 9.17) is 9.15 Å². The molecule has 7 heteroatoms. The van der Waals surface area contributed by atoms with E-state index in [-0.39, 0.29) is 36.1 Å². The number of carbonyl (C=O) groups excluding carboxylic acids is 2. The number of hydrogen-bond donors (Lipinski definition) is 1. The summed E-state index contributed by atoms with van der Waals surface area (Å²) >= 11 is 0. The van der Waals surface area contributed by atoms with E-state index in [1.807, 2.05) is 17.0 Å². The van der Waals surface area contributed by atoms with Crippen molar-refractivity contribution in [2.45, 2.75) is 38.8 Å². The van der Waals surface area contributed by atoms with Crippen LogP contribution in [0.1, 0.15) is 57.5 Å². The summed E-state index contributed by atoms with van der Waals surface area (Å²) in [5.41, 5.74) is 4.80. The molecular weight excluding hydrogens is 442 g/mol. The molecule has 5 rings (SSSR count). The fourth-order valence-corrected chi connectivity index (χ4v) is 4.48. The molecule has 35 heavy (non-hydrogen) atoms. The Bertz CT molecular complexity index is 1240. The van der Waals surface area contributed by atoms with Gasteiger partial charge in [-0.15, -0.1) is 6.58 Å². The fourth-order valence-electron chi connectivity index (χ4n) is 4.48. The van der Waals surface area contributed by atoms with E-state index in [2.05, 4.69) is 54.1 Å². The Morgan fingerprint density at radius 1 is 1.23 bits per heavy atom. The lowest BCUT2D eigenvalue weighted by molar-refractivity contribution is -0.134. The molecule has 0 saturated heterocycles. The number of nitrogens with one attached hydrogen (secondary N) is 1. The monoisotopic (exact) mass is 471 g/mol. The molecule has 1 aliphatic carbocycles. The lowest BCUT2D eigenvalue weighted by Gasteiger charge is -2.38. The molecule has 3 aromatic rings. The molecule has 2 aromatic carbocycles. The molecule has 0 radical (unpaired) electrons. The number of oxazole rings is 1. The van der Waals surface area contributed by atoms with Crippen LogP contribution in [0.5, 0.6) is 5.75 Å². The zero-order valence-electron chi connectivity index (χ0n) is 19.8. The highest BCUT2D eigenvalue weighted by Crippen LogP contribution is 2.41. The maximum Gasteiger partial charge on any atom is 0.273 e. The Labute approximate surface area is 204 Å². The summed E-state index contributed by atoms with van der Waals surface area (Å²) in [5, 5.41) is 2.67. The van der Waals surface area contributed by atoms with Crippen LogP contribution < -0.4 is 10.1 Å². The largest absolute Gasteiger partial charge is 0.484 e. The molecule has 1 N–H and O–H groups in total. The standard InChI is InChI=1S/C28H29N3O4/c1-3-13-29-27(32)24-16-35-25(30-24)17-34-22-11-10-19-12-14-31(28(33)21-8-9-21)26(23(19)15-22)20-6-4-18(2)5-7-20/h3-7,10-11,15-16,21,26H,1,8-9,12-14,17H2,2H3,(H,29,32). The topological polar surface area (TPSA) is 84.7 Å². The molecule has 180 valence electrons. The number of amides is 2. The number of ether oxygens (including phenoxy) is 1. The Kier molecular flexibility index (Phi) is 6.40. The number of nitrogens with zero attached hydrogens (tertiary/aromatic N) is 2. The van der Waals surface area contributed by atoms with Gasteiger partial charge in [0.05, 0.1) is 6.04 Å². The molecule has 2 amide bonds. The van der Waals surface area contributed by atoms with Crippen LogP contribution in [0.3, 0.4) is 0 Å². The van der Waals surface area contributed by atoms with Gasteiger partial charge in [0.2, 0.25) is 11.8 Å². The van der Waals surface area contributed by atoms with Gasteiger partial charge in [0, 0.05) is 19.0 Å². The summed E-state index contributed by atoms with van der Waals surface area (Å²) in [6, 6.07) is 14.3. The first-order valence-electron chi connectivity index (χ1n) is 12.0. The van der Waals surface area contributed by atoms with Gasteiger partial charge in [-0.1, -0.05) is 42.0 Å². The van der Waals surface area contributed by atoms with Gasteiger partial charge in [-0.05, 0) is 55.0 Å². The Balaban J connectivity index is 1.37. The second-order valence-corrected chi connectivity index (χ2v) is 9.14. The van der Waals surface area contributed by atoms with Crippen molar-refractivity contribution in [3.05, 3.63) is 95.2 Å². The molecule has 1 fully saturated rings. The number of aryl methyl sites for hydroxylation is 1. The van der Waals surface area contributed by atoms with Crippen LogP contribution in [0.4, 0.5) is 0 Å². The minimum absolute atomic E-state index is 0.0907. The molecule has 1 saturated carbocycles. The van der Waals surface area contributed by atoms with Gasteiger partial charge in [-0.2, -0.15) is 0 Å². The molecule has 2 aliphatic rings. The van der Waals surface area contributed by atoms with E-state index in [1.54, 1.807) is 6.08 Å². The molecule has 7 nitrogen and oxygen atoms in total. The highest BCUT2D eigenvalue weighted by atomic mass is 16.5. The second kappa shape index (κ2) is 9.78. The fraction of sp³-hybridized carbons (Fsp3) is 0.321. The first kappa shape index (κ1) is 22.9. The van der Waals surface area contributed by atoms with E-state index in [0.29, 0.717) is 24.7 Å². The van der Waals surface area contributed by atoms with Crippen LogP contribution in [0, 0.1) is 12.8 Å². The van der Waals surface area contributed by atoms with Crippen molar-refractivity contribution in [2.24, 2.45) is 5.92 Å². The van der Waals surface area contributed by atoms with Crippen molar-refractivity contribution in [3.8, 4) is 5.75 Å². The van der Waals surface area contributed by atoms with E-state index in [0.717, 1.165) is 30.4 Å². The number of hydrogen-bond acceptors (Lipinski definition) is 5. The molecule has 1 aromatic heterocycles. The number of fused-ring (bicyclic) bond motifs is 1. The summed E-state index contributed by atoms with van der Waals surface area (Å²) in [6.45, 7) is 6.81. The van der Waals surface area contributed by atoms with Gasteiger partial charge in [-0.3, -0.25) is 9.59 Å². The van der Waals surface area contributed by atoms with E-state index >= 15 is 0 Å². The number of aromatic nitrogens is 1. The highest BCUT2D eigenvalue weighted by molar-refractivity contribution is 5.91. The maximum atomic E-state index is 13.2. The van der Waals surface area contributed by atoms with E-state index in [9.17, 15) is 9.59 Å². The molecule has 0 spiro atoms. The molecule has 0 bridgehead atoms. The molecule has 1 atom stereocenters. The minimum atomic E-state index is -0.324. The number of rotatable bonds is 8. The summed E-state index contributed by atoms with van der Waals surface area (Å²) in [5.74, 6) is 1.06. The molecular formula is C28H29N3O4. The normalized spacial score (nSPS) is 16.9. The van der Waals surface area contributed by atoms with Crippen molar-refractivity contribution in [3.63, 3.8) is 0 Å². The van der Waals surface area contributed by atoms with Gasteiger partial charge >= 0.3 is 0 Å². The second-order valence-electron chi connectivity index (χ2n) is 9.14. The van der Waals surface area contributed by atoms with Crippen molar-refractivity contribution in [1.82, 2.24) is 15.2 Å². The van der Waals surface area contributed by atoms with Gasteiger partial charge < -0.3 is 19.4 Å². The summed E-state index contributed by atoms with van der Waals surface area (Å²) < 4.78 is 11.4. The van der Waals surface area contributed by atoms with Gasteiger partial charge in [0.25, 0.3) is 5.91 Å². The van der Waals surface area contributed by atoms with Crippen molar-refractivity contribution >= 4 is 11.8 Å². The first-order chi connectivity index (χ1) is 17.0. The highest BCUT2D eigenvalue weighted by Gasteiger charge is 2.39. The van der Waals surface area contributed by atoms with E-state index < -0.39 is 0 Å². The zero-order valence-corrected chi connectivity index (χ0v) is 19.8. The maximum absolute atomic E-state index is 13.2. The van der Waals surface area contributed by atoms with Gasteiger partial charge in [0.1, 0.15) is 12.0 Å². The van der Waals surface area contributed by atoms with Crippen molar-refractivity contribution in [1.29, 1.82) is 0 Å². The Hall–Kier alpha value is -3.87. The minimum Gasteiger partial charge on any atom is -0.484 e. The average Bonchev–Trinajstić information content (AvgIpc) is 3.62. The van der Waals surface area contributed by atoms with Crippen molar-refractivity contribution in [2.75, 3.05) is 13.1 Å². The van der Waals surface area contributed by atoms with Crippen LogP contribution in [-0.4, -0.2) is 34.8 Å². The first-order valence-corrected chi connectivity index (χ1v) is 12.0. The quantitative estimate of drug-likeness (QED) is 0.494. The third-order valence-electron chi connectivity index (χ3n) is 6.50. The zero-order chi connectivity index (χ0) is 24.4. The van der Waals surface area contributed by atoms with Crippen LogP contribution in [0.2, 0.25) is 0 Å². The molecule has 2 heterocycles. The van der Waals surface area contributed by atoms with Crippen LogP contribution in [0.15, 0.2) is 65.8 Å². The van der Waals surface area contributed by atoms with Crippen LogP contribution in [-0.2, 0) is 17.8 Å². The number of benzene rings is 2. The summed E-state index contributed by atoms with van der Waals surface area (Å²) in [4.78, 5) is 31.4. The van der Waals surface area contributed by atoms with Gasteiger partial charge in [-0.25, -0.2) is 4.98 Å². The third-order valence-corrected chi connectivity index (χ3v) is 6.50. The van der Waals surface area contributed by atoms with Gasteiger partial charge in [0.15, 0.2) is 12.3 Å². The SMILES string of the molecule is C=CCNC(=O)c1coc(COc2ccc3c(c2)C(c2ccc(C)cc2)N(C(=O)C2CC2)CC3)n1. The van der Waals surface area contributed by atoms with Crippen molar-refractivity contribution < 1.29 is 18.7 Å². The third kappa shape index (κ3) is 4.99. The predicted molar refractivity (Wildman–Crippen MR) is 131 cm³/mol. The molecule has 1 unspecified atom stereocenters. The lowest BCUT2D eigenvalue weighted by Crippen LogP contribution is -2.41. The van der Waals surface area contributed by atoms with Crippen LogP contribution in [0.25, 0.3) is 0 Å². The average molecular weight is 472 g/mol. The predicted octanol–water partition coefficient (Wildman–Crippen LogP) is 4.36. The lowest BCUT2D eigenvalue weighted by atomic mass is 9.87. The molecule has 1 aliphatic heterocycles. The Morgan fingerprint density at radius 3 is 2.77 bits per heavy atom. The van der Waals surface area contributed by atoms with E-state index in [1.165, 1.54) is 17.4 Å². The van der Waals surface area contributed by atoms with Crippen LogP contribution >= 0.6 is 0 Å². The Morgan fingerprint density at radius 2 is 2.03 bits per heavy atom. The summed E-state index contributed by atoms with van der Waals surface area (Å²) in [7, 11) is 0. The number of carbonyl (C=O) groups is 2.